The van der Waals surface area contributed by atoms with Crippen molar-refractivity contribution in [1.29, 1.82) is 0 Å². The summed E-state index contributed by atoms with van der Waals surface area (Å²) in [7, 11) is 0. The van der Waals surface area contributed by atoms with E-state index >= 15 is 0 Å². The topological polar surface area (TPSA) is 81.8 Å². The van der Waals surface area contributed by atoms with Crippen LogP contribution in [0.3, 0.4) is 0 Å². The van der Waals surface area contributed by atoms with Crippen LogP contribution in [0.4, 0.5) is 11.6 Å². The molecule has 8 heteroatoms. The normalized spacial score (nSPS) is 22.7. The molecule has 2 aliphatic rings. The molecule has 0 saturated carbocycles. The van der Waals surface area contributed by atoms with Crippen molar-refractivity contribution in [3.63, 3.8) is 0 Å². The Labute approximate surface area is 159 Å². The van der Waals surface area contributed by atoms with Crippen LogP contribution in [0, 0.1) is 5.21 Å². The summed E-state index contributed by atoms with van der Waals surface area (Å²) in [6, 6.07) is 1.62. The van der Waals surface area contributed by atoms with Crippen LogP contribution < -0.4 is 14.7 Å². The molecule has 27 heavy (non-hydrogen) atoms. The molecule has 0 aliphatic carbocycles. The summed E-state index contributed by atoms with van der Waals surface area (Å²) < 4.78 is 6.79. The highest BCUT2D eigenvalue weighted by Gasteiger charge is 2.42. The SMILES string of the molecule is CCON(C=O)c1cc(N2CC=CCC2)nc(C2(CC)CCCCO2)[n+]1[O-]. The molecule has 0 aromatic carbocycles. The summed E-state index contributed by atoms with van der Waals surface area (Å²) in [5, 5.41) is 14.2. The van der Waals surface area contributed by atoms with E-state index in [4.69, 9.17) is 14.6 Å². The second-order valence-electron chi connectivity index (χ2n) is 6.80. The zero-order valence-corrected chi connectivity index (χ0v) is 16.1. The lowest BCUT2D eigenvalue weighted by molar-refractivity contribution is -0.616. The largest absolute Gasteiger partial charge is 0.740 e. The molecule has 3 rings (SSSR count). The average molecular weight is 376 g/mol. The third kappa shape index (κ3) is 3.91. The van der Waals surface area contributed by atoms with Gasteiger partial charge >= 0.3 is 0 Å². The fraction of sp³-hybridized carbons (Fsp3) is 0.632. The number of ether oxygens (including phenoxy) is 1. The number of hydroxylamine groups is 1. The Morgan fingerprint density at radius 2 is 2.30 bits per heavy atom. The monoisotopic (exact) mass is 376 g/mol. The van der Waals surface area contributed by atoms with Gasteiger partial charge in [-0.15, -0.1) is 0 Å². The summed E-state index contributed by atoms with van der Waals surface area (Å²) in [5.41, 5.74) is -0.739. The lowest BCUT2D eigenvalue weighted by Crippen LogP contribution is -2.50. The van der Waals surface area contributed by atoms with Gasteiger partial charge in [0.25, 0.3) is 18.1 Å². The van der Waals surface area contributed by atoms with Crippen LogP contribution >= 0.6 is 0 Å². The van der Waals surface area contributed by atoms with Gasteiger partial charge in [0.05, 0.1) is 12.7 Å². The fourth-order valence-electron chi connectivity index (χ4n) is 3.68. The molecule has 1 aromatic heterocycles. The smallest absolute Gasteiger partial charge is 0.298 e. The summed E-state index contributed by atoms with van der Waals surface area (Å²) in [6.07, 6.45) is 8.96. The molecule has 0 N–H and O–H groups in total. The first kappa shape index (κ1) is 19.6. The summed E-state index contributed by atoms with van der Waals surface area (Å²) in [4.78, 5) is 23.7. The predicted octanol–water partition coefficient (Wildman–Crippen LogP) is 2.20. The Balaban J connectivity index is 2.12. The second kappa shape index (κ2) is 8.67. The third-order valence-electron chi connectivity index (χ3n) is 5.18. The summed E-state index contributed by atoms with van der Waals surface area (Å²) in [5.74, 6) is 1.08. The molecule has 1 amide bonds. The van der Waals surface area contributed by atoms with E-state index in [1.54, 1.807) is 13.0 Å². The van der Waals surface area contributed by atoms with Crippen molar-refractivity contribution >= 4 is 18.0 Å². The highest BCUT2D eigenvalue weighted by molar-refractivity contribution is 5.69. The van der Waals surface area contributed by atoms with Gasteiger partial charge in [-0.1, -0.05) is 29.1 Å². The van der Waals surface area contributed by atoms with Gasteiger partial charge < -0.3 is 14.8 Å². The van der Waals surface area contributed by atoms with E-state index in [0.717, 1.165) is 37.3 Å². The fourth-order valence-corrected chi connectivity index (χ4v) is 3.68. The van der Waals surface area contributed by atoms with Crippen molar-refractivity contribution in [2.45, 2.75) is 51.6 Å². The zero-order chi connectivity index (χ0) is 19.3. The van der Waals surface area contributed by atoms with Crippen LogP contribution in [0.25, 0.3) is 0 Å². The quantitative estimate of drug-likeness (QED) is 0.239. The van der Waals surface area contributed by atoms with E-state index in [9.17, 15) is 10.0 Å². The van der Waals surface area contributed by atoms with Gasteiger partial charge in [0.2, 0.25) is 5.82 Å². The number of hydrogen-bond acceptors (Lipinski definition) is 6. The van der Waals surface area contributed by atoms with E-state index in [1.807, 2.05) is 6.92 Å². The Bertz CT molecular complexity index is 689. The van der Waals surface area contributed by atoms with E-state index < -0.39 is 5.60 Å². The minimum Gasteiger partial charge on any atom is -0.740 e. The first-order valence-corrected chi connectivity index (χ1v) is 9.71. The number of rotatable bonds is 7. The van der Waals surface area contributed by atoms with Crippen molar-refractivity contribution in [2.24, 2.45) is 0 Å². The van der Waals surface area contributed by atoms with Gasteiger partial charge in [-0.05, 0) is 39.0 Å². The van der Waals surface area contributed by atoms with Gasteiger partial charge in [0, 0.05) is 19.7 Å². The first-order valence-electron chi connectivity index (χ1n) is 9.71. The van der Waals surface area contributed by atoms with Crippen molar-refractivity contribution in [1.82, 2.24) is 4.98 Å². The molecule has 1 fully saturated rings. The maximum Gasteiger partial charge on any atom is 0.298 e. The lowest BCUT2D eigenvalue weighted by Gasteiger charge is -2.36. The van der Waals surface area contributed by atoms with E-state index in [0.29, 0.717) is 42.4 Å². The summed E-state index contributed by atoms with van der Waals surface area (Å²) >= 11 is 0. The molecular weight excluding hydrogens is 348 g/mol. The van der Waals surface area contributed by atoms with Gasteiger partial charge in [0.1, 0.15) is 0 Å². The zero-order valence-electron chi connectivity index (χ0n) is 16.1. The molecule has 0 radical (unpaired) electrons. The van der Waals surface area contributed by atoms with Gasteiger partial charge in [0.15, 0.2) is 5.60 Å². The first-order chi connectivity index (χ1) is 13.1. The number of nitrogens with zero attached hydrogens (tertiary/aromatic N) is 4. The van der Waals surface area contributed by atoms with Gasteiger partial charge in [-0.2, -0.15) is 0 Å². The number of aromatic nitrogens is 2. The predicted molar refractivity (Wildman–Crippen MR) is 101 cm³/mol. The molecule has 148 valence electrons. The molecule has 3 heterocycles. The van der Waals surface area contributed by atoms with Crippen molar-refractivity contribution in [3.8, 4) is 0 Å². The molecule has 1 saturated heterocycles. The summed E-state index contributed by atoms with van der Waals surface area (Å²) in [6.45, 7) is 6.16. The third-order valence-corrected chi connectivity index (χ3v) is 5.18. The molecule has 8 nitrogen and oxygen atoms in total. The molecule has 0 spiro atoms. The van der Waals surface area contributed by atoms with Crippen LogP contribution in [-0.2, 0) is 20.0 Å². The molecular formula is C19H28N4O4. The number of carbonyl (C=O) groups is 1. The minimum absolute atomic E-state index is 0.114. The number of carbonyl (C=O) groups excluding carboxylic acids is 1. The van der Waals surface area contributed by atoms with Crippen molar-refractivity contribution in [2.75, 3.05) is 36.3 Å². The molecule has 1 aromatic rings. The Morgan fingerprint density at radius 1 is 1.44 bits per heavy atom. The van der Waals surface area contributed by atoms with Crippen LogP contribution in [0.2, 0.25) is 0 Å². The molecule has 0 bridgehead atoms. The van der Waals surface area contributed by atoms with E-state index in [-0.39, 0.29) is 12.4 Å². The maximum absolute atomic E-state index is 13.2. The lowest BCUT2D eigenvalue weighted by atomic mass is 9.90. The molecule has 2 aliphatic heterocycles. The highest BCUT2D eigenvalue weighted by atomic mass is 16.7. The van der Waals surface area contributed by atoms with Gasteiger partial charge in [-0.3, -0.25) is 4.79 Å². The minimum atomic E-state index is -0.739. The number of hydrogen-bond donors (Lipinski definition) is 0. The van der Waals surface area contributed by atoms with Gasteiger partial charge in [-0.25, -0.2) is 9.57 Å². The Hall–Kier alpha value is -2.19. The van der Waals surface area contributed by atoms with Crippen molar-refractivity contribution in [3.05, 3.63) is 29.3 Å². The Kier molecular flexibility index (Phi) is 6.28. The standard InChI is InChI=1S/C19H28N4O4/c1-3-19(10-6-9-13-26-19)18-20-16(21-11-7-5-8-12-21)14-17(23(18)25)22(15-24)27-4-2/h5,7,14-15H,3-4,6,8-13H2,1-2H3. The van der Waals surface area contributed by atoms with Crippen LogP contribution in [-0.4, -0.2) is 37.7 Å². The molecule has 1 unspecified atom stereocenters. The van der Waals surface area contributed by atoms with E-state index in [2.05, 4.69) is 17.1 Å². The van der Waals surface area contributed by atoms with E-state index in [1.165, 1.54) is 0 Å². The maximum atomic E-state index is 13.2. The highest BCUT2D eigenvalue weighted by Crippen LogP contribution is 2.37. The van der Waals surface area contributed by atoms with Crippen LogP contribution in [0.1, 0.15) is 51.8 Å². The van der Waals surface area contributed by atoms with Crippen LogP contribution in [0.15, 0.2) is 18.2 Å². The van der Waals surface area contributed by atoms with Crippen LogP contribution in [0.5, 0.6) is 0 Å². The van der Waals surface area contributed by atoms with Crippen molar-refractivity contribution < 1.29 is 19.1 Å². The second-order valence-corrected chi connectivity index (χ2v) is 6.80. The average Bonchev–Trinajstić information content (AvgIpc) is 2.73. The number of anilines is 2. The number of amides is 1. The Morgan fingerprint density at radius 3 is 2.89 bits per heavy atom. The molecule has 1 atom stereocenters.